The summed E-state index contributed by atoms with van der Waals surface area (Å²) < 4.78 is 0. The van der Waals surface area contributed by atoms with Gasteiger partial charge < -0.3 is 9.80 Å². The summed E-state index contributed by atoms with van der Waals surface area (Å²) in [4.78, 5) is 19.6. The van der Waals surface area contributed by atoms with Gasteiger partial charge in [-0.25, -0.2) is 4.98 Å². The fraction of sp³-hybridized carbons (Fsp3) is 0.417. The van der Waals surface area contributed by atoms with Crippen LogP contribution in [0.1, 0.15) is 12.0 Å². The van der Waals surface area contributed by atoms with Crippen LogP contribution in [0.4, 0.5) is 5.82 Å². The van der Waals surface area contributed by atoms with E-state index in [9.17, 15) is 4.79 Å². The number of rotatable bonds is 2. The third kappa shape index (κ3) is 2.07. The summed E-state index contributed by atoms with van der Waals surface area (Å²) in [6.45, 7) is 0.770. The van der Waals surface area contributed by atoms with Gasteiger partial charge in [0.15, 0.2) is 0 Å². The number of carbonyl (C=O) groups excluding carboxylic acids is 1. The topological polar surface area (TPSA) is 60.2 Å². The van der Waals surface area contributed by atoms with E-state index in [1.807, 2.05) is 11.9 Å². The molecule has 1 atom stereocenters. The number of likely N-dealkylation sites (tertiary alicyclic amines) is 1. The van der Waals surface area contributed by atoms with Crippen molar-refractivity contribution in [2.45, 2.75) is 12.5 Å². The van der Waals surface area contributed by atoms with Crippen molar-refractivity contribution < 1.29 is 4.79 Å². The van der Waals surface area contributed by atoms with E-state index < -0.39 is 0 Å². The van der Waals surface area contributed by atoms with Gasteiger partial charge in [-0.3, -0.25) is 4.79 Å². The van der Waals surface area contributed by atoms with Crippen molar-refractivity contribution in [3.05, 3.63) is 23.9 Å². The minimum Gasteiger partial charge on any atom is -0.348 e. The van der Waals surface area contributed by atoms with E-state index in [2.05, 4.69) is 11.1 Å². The molecule has 1 aliphatic heterocycles. The number of hydrogen-bond acceptors (Lipinski definition) is 4. The normalized spacial score (nSPS) is 19.2. The first-order chi connectivity index (χ1) is 8.13. The number of amides is 1. The molecule has 1 aromatic rings. The van der Waals surface area contributed by atoms with Crippen molar-refractivity contribution in [1.82, 2.24) is 9.88 Å². The van der Waals surface area contributed by atoms with Gasteiger partial charge in [-0.1, -0.05) is 0 Å². The highest BCUT2D eigenvalue weighted by Gasteiger charge is 2.32. The Hall–Kier alpha value is -2.09. The standard InChI is InChI=1S/C12H14N4O/c1-15-6-4-10(12(15)17)16(2)11-7-9(8-13)3-5-14-11/h3,5,7,10H,4,6H2,1-2H3. The van der Waals surface area contributed by atoms with Gasteiger partial charge in [0, 0.05) is 26.8 Å². The Morgan fingerprint density at radius 2 is 2.41 bits per heavy atom. The molecule has 0 spiro atoms. The molecule has 5 heteroatoms. The fourth-order valence-electron chi connectivity index (χ4n) is 2.00. The molecule has 88 valence electrons. The number of nitrogens with zero attached hydrogens (tertiary/aromatic N) is 4. The molecule has 0 N–H and O–H groups in total. The van der Waals surface area contributed by atoms with Gasteiger partial charge in [0.2, 0.25) is 5.91 Å². The van der Waals surface area contributed by atoms with Crippen molar-refractivity contribution in [3.8, 4) is 6.07 Å². The highest BCUT2D eigenvalue weighted by atomic mass is 16.2. The Morgan fingerprint density at radius 3 is 3.00 bits per heavy atom. The maximum atomic E-state index is 11.9. The Balaban J connectivity index is 2.22. The number of likely N-dealkylation sites (N-methyl/N-ethyl adjacent to an activating group) is 2. The second-order valence-corrected chi connectivity index (χ2v) is 4.19. The summed E-state index contributed by atoms with van der Waals surface area (Å²) in [5.41, 5.74) is 0.556. The van der Waals surface area contributed by atoms with Crippen molar-refractivity contribution in [3.63, 3.8) is 0 Å². The number of hydrogen-bond donors (Lipinski definition) is 0. The van der Waals surface area contributed by atoms with Crippen LogP contribution in [0.15, 0.2) is 18.3 Å². The Kier molecular flexibility index (Phi) is 2.96. The zero-order valence-electron chi connectivity index (χ0n) is 9.92. The molecule has 1 aliphatic rings. The molecule has 0 aliphatic carbocycles. The molecule has 0 bridgehead atoms. The van der Waals surface area contributed by atoms with Crippen LogP contribution in [0.5, 0.6) is 0 Å². The van der Waals surface area contributed by atoms with E-state index >= 15 is 0 Å². The smallest absolute Gasteiger partial charge is 0.245 e. The molecule has 1 saturated heterocycles. The zero-order valence-corrected chi connectivity index (χ0v) is 9.92. The summed E-state index contributed by atoms with van der Waals surface area (Å²) in [6, 6.07) is 5.26. The highest BCUT2D eigenvalue weighted by molar-refractivity contribution is 5.86. The van der Waals surface area contributed by atoms with Crippen LogP contribution < -0.4 is 4.90 Å². The van der Waals surface area contributed by atoms with Crippen molar-refractivity contribution in [2.24, 2.45) is 0 Å². The van der Waals surface area contributed by atoms with Gasteiger partial charge in [0.25, 0.3) is 0 Å². The third-order valence-electron chi connectivity index (χ3n) is 3.10. The largest absolute Gasteiger partial charge is 0.348 e. The van der Waals surface area contributed by atoms with E-state index in [0.29, 0.717) is 11.4 Å². The van der Waals surface area contributed by atoms with Crippen LogP contribution in [-0.4, -0.2) is 42.5 Å². The first-order valence-electron chi connectivity index (χ1n) is 5.47. The molecular formula is C12H14N4O. The summed E-state index contributed by atoms with van der Waals surface area (Å²) in [7, 11) is 3.64. The molecule has 0 saturated carbocycles. The number of anilines is 1. The molecule has 0 aromatic carbocycles. The lowest BCUT2D eigenvalue weighted by Gasteiger charge is -2.24. The average molecular weight is 230 g/mol. The first kappa shape index (κ1) is 11.4. The molecule has 17 heavy (non-hydrogen) atoms. The van der Waals surface area contributed by atoms with E-state index in [1.54, 1.807) is 30.3 Å². The lowest BCUT2D eigenvalue weighted by molar-refractivity contribution is -0.127. The van der Waals surface area contributed by atoms with E-state index in [1.165, 1.54) is 0 Å². The maximum Gasteiger partial charge on any atom is 0.245 e. The van der Waals surface area contributed by atoms with E-state index in [-0.39, 0.29) is 11.9 Å². The van der Waals surface area contributed by atoms with Crippen LogP contribution in [0.2, 0.25) is 0 Å². The summed E-state index contributed by atoms with van der Waals surface area (Å²) in [6.07, 6.45) is 2.39. The molecule has 1 aromatic heterocycles. The van der Waals surface area contributed by atoms with Crippen LogP contribution in [0.25, 0.3) is 0 Å². The molecule has 2 heterocycles. The second kappa shape index (κ2) is 4.42. The fourth-order valence-corrected chi connectivity index (χ4v) is 2.00. The lowest BCUT2D eigenvalue weighted by atomic mass is 10.2. The Bertz CT molecular complexity index is 480. The van der Waals surface area contributed by atoms with Gasteiger partial charge >= 0.3 is 0 Å². The molecule has 1 fully saturated rings. The van der Waals surface area contributed by atoms with Crippen molar-refractivity contribution in [1.29, 1.82) is 5.26 Å². The van der Waals surface area contributed by atoms with Crippen molar-refractivity contribution in [2.75, 3.05) is 25.5 Å². The van der Waals surface area contributed by atoms with Crippen LogP contribution in [0.3, 0.4) is 0 Å². The first-order valence-corrected chi connectivity index (χ1v) is 5.47. The van der Waals surface area contributed by atoms with Gasteiger partial charge in [-0.15, -0.1) is 0 Å². The van der Waals surface area contributed by atoms with Crippen molar-refractivity contribution >= 4 is 11.7 Å². The monoisotopic (exact) mass is 230 g/mol. The van der Waals surface area contributed by atoms with Crippen LogP contribution in [-0.2, 0) is 4.79 Å². The second-order valence-electron chi connectivity index (χ2n) is 4.19. The van der Waals surface area contributed by atoms with Crippen LogP contribution >= 0.6 is 0 Å². The lowest BCUT2D eigenvalue weighted by Crippen LogP contribution is -2.39. The quantitative estimate of drug-likeness (QED) is 0.747. The SMILES string of the molecule is CN1CCC(N(C)c2cc(C#N)ccn2)C1=O. The third-order valence-corrected chi connectivity index (χ3v) is 3.10. The minimum absolute atomic E-state index is 0.108. The minimum atomic E-state index is -0.165. The Labute approximate surface area is 100 Å². The Morgan fingerprint density at radius 1 is 1.65 bits per heavy atom. The molecular weight excluding hydrogens is 216 g/mol. The van der Waals surface area contributed by atoms with E-state index in [4.69, 9.17) is 5.26 Å². The van der Waals surface area contributed by atoms with E-state index in [0.717, 1.165) is 13.0 Å². The van der Waals surface area contributed by atoms with Crippen LogP contribution in [0, 0.1) is 11.3 Å². The molecule has 1 unspecified atom stereocenters. The highest BCUT2D eigenvalue weighted by Crippen LogP contribution is 2.20. The molecule has 1 amide bonds. The summed E-state index contributed by atoms with van der Waals surface area (Å²) >= 11 is 0. The van der Waals surface area contributed by atoms with Gasteiger partial charge in [-0.05, 0) is 18.6 Å². The molecule has 5 nitrogen and oxygen atoms in total. The molecule has 2 rings (SSSR count). The number of carbonyl (C=O) groups is 1. The number of pyridine rings is 1. The maximum absolute atomic E-state index is 11.9. The number of nitriles is 1. The predicted molar refractivity (Wildman–Crippen MR) is 63.4 cm³/mol. The zero-order chi connectivity index (χ0) is 12.4. The number of aromatic nitrogens is 1. The summed E-state index contributed by atoms with van der Waals surface area (Å²) in [5, 5.41) is 8.83. The summed E-state index contributed by atoms with van der Waals surface area (Å²) in [5.74, 6) is 0.773. The van der Waals surface area contributed by atoms with Gasteiger partial charge in [-0.2, -0.15) is 5.26 Å². The van der Waals surface area contributed by atoms with Gasteiger partial charge in [0.1, 0.15) is 11.9 Å². The predicted octanol–water partition coefficient (Wildman–Crippen LogP) is 0.620. The molecule has 0 radical (unpaired) electrons. The average Bonchev–Trinajstić information content (AvgIpc) is 2.69. The van der Waals surface area contributed by atoms with Gasteiger partial charge in [0.05, 0.1) is 11.6 Å².